The third-order valence-corrected chi connectivity index (χ3v) is 13.5. The fourth-order valence-corrected chi connectivity index (χ4v) is 9.23. The number of phenols is 2. The number of aliphatic hydroxyl groups excluding tert-OH is 10. The van der Waals surface area contributed by atoms with Crippen molar-refractivity contribution in [1.82, 2.24) is 10.6 Å². The molecule has 77 heavy (non-hydrogen) atoms. The summed E-state index contributed by atoms with van der Waals surface area (Å²) in [6.07, 6.45) is -25.9. The largest absolute Gasteiger partial charge is 0.507 e. The Kier molecular flexibility index (Phi) is 21.8. The lowest BCUT2D eigenvalue weighted by molar-refractivity contribution is -0.305. The molecule has 4 aliphatic heterocycles. The van der Waals surface area contributed by atoms with Gasteiger partial charge in [0.2, 0.25) is 13.6 Å². The molecule has 432 valence electrons. The van der Waals surface area contributed by atoms with E-state index in [0.29, 0.717) is 0 Å². The number of nitrogens with one attached hydrogen (secondary N) is 2. The molecule has 0 amide bonds. The standard InChI is InChI=1S/C46H66N4O27/c1-49-29-21(12-68-46-37(61)34(58)35(59)39(77-46)44(66)73-16-71-41(63)20-8-18(48)4-6-25(20)54)31(55)26(9-51)74-28(29)14-67-11-23-33(57)36(60)45(69-13-22-30(50-2)42(64)75-27(10-52)32(22)56)76-38(23)43(65)72-15-70-40(62)19-7-17(47)3-5-24(19)53/h3-8,21-23,26-39,42,45-46,49-61,64H,9-16,47-48H2,1-2H3/t21-,22-,23-,26?,27?,28-,29?,30?,31-,32-,33+,34+,35-,36?,37?,38?,39?,42+,45+,46+/m0/s1. The van der Waals surface area contributed by atoms with Gasteiger partial charge in [-0.15, -0.1) is 0 Å². The number of anilines is 2. The second kappa shape index (κ2) is 27.6. The molecule has 31 nitrogen and oxygen atoms in total. The first kappa shape index (κ1) is 61.0. The summed E-state index contributed by atoms with van der Waals surface area (Å²) in [7, 11) is 2.89. The van der Waals surface area contributed by atoms with E-state index in [9.17, 15) is 80.5 Å². The van der Waals surface area contributed by atoms with Crippen LogP contribution in [0.3, 0.4) is 0 Å². The summed E-state index contributed by atoms with van der Waals surface area (Å²) in [5.41, 5.74) is 10.8. The maximum absolute atomic E-state index is 13.8. The average molecular weight is 1110 g/mol. The van der Waals surface area contributed by atoms with Crippen LogP contribution < -0.4 is 22.1 Å². The number of esters is 4. The monoisotopic (exact) mass is 1110 g/mol. The Balaban J connectivity index is 1.11. The fourth-order valence-electron chi connectivity index (χ4n) is 9.23. The Morgan fingerprint density at radius 1 is 0.519 bits per heavy atom. The minimum atomic E-state index is -2.10. The van der Waals surface area contributed by atoms with Gasteiger partial charge >= 0.3 is 23.9 Å². The molecule has 20 atom stereocenters. The molecule has 0 aromatic heterocycles. The number of aromatic hydroxyl groups is 2. The average Bonchev–Trinajstić information content (AvgIpc) is 3.41. The van der Waals surface area contributed by atoms with E-state index in [-0.39, 0.29) is 22.5 Å². The number of rotatable bonds is 22. The summed E-state index contributed by atoms with van der Waals surface area (Å²) < 4.78 is 60.0. The van der Waals surface area contributed by atoms with Gasteiger partial charge in [0, 0.05) is 35.2 Å². The van der Waals surface area contributed by atoms with Crippen molar-refractivity contribution in [2.24, 2.45) is 17.8 Å². The van der Waals surface area contributed by atoms with E-state index in [0.717, 1.165) is 24.3 Å². The quantitative estimate of drug-likeness (QED) is 0.0225. The number of hydrogen-bond donors (Lipinski definition) is 16. The van der Waals surface area contributed by atoms with Crippen molar-refractivity contribution in [3.63, 3.8) is 0 Å². The maximum atomic E-state index is 13.8. The van der Waals surface area contributed by atoms with Crippen LogP contribution in [0, 0.1) is 17.8 Å². The first-order valence-electron chi connectivity index (χ1n) is 23.9. The lowest BCUT2D eigenvalue weighted by atomic mass is 9.84. The van der Waals surface area contributed by atoms with Gasteiger partial charge in [-0.05, 0) is 50.5 Å². The van der Waals surface area contributed by atoms with Crippen molar-refractivity contribution in [1.29, 1.82) is 0 Å². The van der Waals surface area contributed by atoms with Crippen molar-refractivity contribution in [2.75, 3.05) is 78.8 Å². The normalized spacial score (nSPS) is 35.4. The lowest BCUT2D eigenvalue weighted by Gasteiger charge is -2.46. The van der Waals surface area contributed by atoms with Gasteiger partial charge in [0.05, 0.1) is 70.1 Å². The van der Waals surface area contributed by atoms with Gasteiger partial charge in [0.15, 0.2) is 31.1 Å². The molecule has 4 aliphatic rings. The van der Waals surface area contributed by atoms with Gasteiger partial charge < -0.3 is 135 Å². The lowest BCUT2D eigenvalue weighted by Crippen LogP contribution is -2.64. The van der Waals surface area contributed by atoms with Crippen LogP contribution in [0.15, 0.2) is 36.4 Å². The number of aliphatic hydroxyl groups is 10. The third kappa shape index (κ3) is 14.3. The second-order valence-corrected chi connectivity index (χ2v) is 18.3. The van der Waals surface area contributed by atoms with E-state index in [1.54, 1.807) is 0 Å². The highest BCUT2D eigenvalue weighted by Crippen LogP contribution is 2.34. The molecule has 0 aliphatic carbocycles. The molecule has 4 fully saturated rings. The number of carbonyl (C=O) groups is 4. The molecule has 0 radical (unpaired) electrons. The van der Waals surface area contributed by atoms with Crippen molar-refractivity contribution >= 4 is 35.3 Å². The van der Waals surface area contributed by atoms with Gasteiger partial charge in [-0.2, -0.15) is 0 Å². The highest BCUT2D eigenvalue weighted by atomic mass is 16.7. The van der Waals surface area contributed by atoms with Crippen LogP contribution in [0.25, 0.3) is 0 Å². The molecule has 4 saturated heterocycles. The van der Waals surface area contributed by atoms with E-state index in [4.69, 9.17) is 63.6 Å². The number of nitrogens with two attached hydrogens (primary N) is 2. The zero-order chi connectivity index (χ0) is 56.4. The third-order valence-electron chi connectivity index (χ3n) is 13.5. The van der Waals surface area contributed by atoms with Gasteiger partial charge in [-0.25, -0.2) is 19.2 Å². The van der Waals surface area contributed by atoms with Crippen LogP contribution in [0.4, 0.5) is 11.4 Å². The minimum absolute atomic E-state index is 0.0950. The summed E-state index contributed by atoms with van der Waals surface area (Å²) in [5, 5.41) is 133. The van der Waals surface area contributed by atoms with E-state index in [1.165, 1.54) is 26.2 Å². The van der Waals surface area contributed by atoms with Crippen molar-refractivity contribution in [3.05, 3.63) is 47.5 Å². The second-order valence-electron chi connectivity index (χ2n) is 18.3. The van der Waals surface area contributed by atoms with Crippen LogP contribution in [-0.4, -0.2) is 257 Å². The molecule has 2 aromatic carbocycles. The number of carbonyl (C=O) groups excluding carboxylic acids is 4. The number of nitrogen functional groups attached to an aromatic ring is 2. The molecule has 18 N–H and O–H groups in total. The number of likely N-dealkylation sites (N-methyl/N-ethyl adjacent to an activating group) is 2. The van der Waals surface area contributed by atoms with E-state index >= 15 is 0 Å². The summed E-state index contributed by atoms with van der Waals surface area (Å²) in [6, 6.07) is 5.13. The van der Waals surface area contributed by atoms with Gasteiger partial charge in [-0.3, -0.25) is 0 Å². The zero-order valence-corrected chi connectivity index (χ0v) is 41.3. The van der Waals surface area contributed by atoms with Gasteiger partial charge in [-0.1, -0.05) is 0 Å². The first-order valence-corrected chi connectivity index (χ1v) is 23.9. The van der Waals surface area contributed by atoms with E-state index in [2.05, 4.69) is 10.6 Å². The first-order chi connectivity index (χ1) is 36.6. The summed E-state index contributed by atoms with van der Waals surface area (Å²) in [4.78, 5) is 51.9. The Hall–Kier alpha value is -5.24. The Morgan fingerprint density at radius 2 is 0.987 bits per heavy atom. The van der Waals surface area contributed by atoms with E-state index < -0.39 is 211 Å². The van der Waals surface area contributed by atoms with Crippen LogP contribution in [0.2, 0.25) is 0 Å². The van der Waals surface area contributed by atoms with Crippen LogP contribution in [-0.2, 0) is 61.7 Å². The molecule has 31 heteroatoms. The fraction of sp³-hybridized carbons (Fsp3) is 0.652. The van der Waals surface area contributed by atoms with Crippen molar-refractivity contribution < 1.29 is 133 Å². The topological polar surface area (TPSA) is 489 Å². The van der Waals surface area contributed by atoms with Crippen molar-refractivity contribution in [3.8, 4) is 11.5 Å². The highest BCUT2D eigenvalue weighted by Gasteiger charge is 2.53. The molecular weight excluding hydrogens is 1040 g/mol. The van der Waals surface area contributed by atoms with Crippen molar-refractivity contribution in [2.45, 2.75) is 104 Å². The SMILES string of the molecule is CNC1[C@H](O)OC(CO)[C@@H](O)[C@H]1CO[C@@H]1OC(C(=O)OCOC(=O)c2cc(N)ccc2O)[C@@H](COC[C@@H]2OC(CO)[C@@H](O)[C@@H](CO[C@@H]3OC(C(=O)OCOC(=O)c4cc(N)ccc4O)[C@@H](O)[C@@H](O)C3O)C2NC)[C@@H](O)C1O. The molecular formula is C46H66N4O27. The Bertz CT molecular complexity index is 2290. The van der Waals surface area contributed by atoms with Crippen LogP contribution >= 0.6 is 0 Å². The molecule has 8 unspecified atom stereocenters. The molecule has 0 bridgehead atoms. The van der Waals surface area contributed by atoms with Gasteiger partial charge in [0.1, 0.15) is 59.2 Å². The number of benzene rings is 2. The summed E-state index contributed by atoms with van der Waals surface area (Å²) in [5.74, 6) is -9.60. The highest BCUT2D eigenvalue weighted by molar-refractivity contribution is 5.94. The number of hydrogen-bond acceptors (Lipinski definition) is 31. The van der Waals surface area contributed by atoms with Crippen LogP contribution in [0.5, 0.6) is 11.5 Å². The molecule has 4 heterocycles. The van der Waals surface area contributed by atoms with Crippen LogP contribution in [0.1, 0.15) is 20.7 Å². The molecule has 6 rings (SSSR count). The summed E-state index contributed by atoms with van der Waals surface area (Å²) in [6.45, 7) is -5.79. The molecule has 0 spiro atoms. The van der Waals surface area contributed by atoms with E-state index in [1.807, 2.05) is 0 Å². The molecule has 2 aromatic rings. The zero-order valence-electron chi connectivity index (χ0n) is 41.3. The number of ether oxygens (including phenoxy) is 11. The predicted octanol–water partition coefficient (Wildman–Crippen LogP) is -7.20. The maximum Gasteiger partial charge on any atom is 0.344 e. The predicted molar refractivity (Wildman–Crippen MR) is 250 cm³/mol. The molecule has 0 saturated carbocycles. The summed E-state index contributed by atoms with van der Waals surface area (Å²) >= 11 is 0. The smallest absolute Gasteiger partial charge is 0.344 e. The Morgan fingerprint density at radius 3 is 1.49 bits per heavy atom. The number of phenolic OH excluding ortho intramolecular Hbond substituents is 2. The van der Waals surface area contributed by atoms with Gasteiger partial charge in [0.25, 0.3) is 0 Å². The Labute approximate surface area is 437 Å². The minimum Gasteiger partial charge on any atom is -0.507 e.